The number of hydrogen-bond donors (Lipinski definition) is 1. The summed E-state index contributed by atoms with van der Waals surface area (Å²) in [6.07, 6.45) is 1.29. The Morgan fingerprint density at radius 2 is 1.90 bits per heavy atom. The fraction of sp³-hybridized carbons (Fsp3) is 0.458. The number of ether oxygens (including phenoxy) is 1. The van der Waals surface area contributed by atoms with Crippen molar-refractivity contribution in [2.45, 2.75) is 51.0 Å². The Morgan fingerprint density at radius 3 is 2.55 bits per heavy atom. The minimum atomic E-state index is -3.65. The maximum absolute atomic E-state index is 13.2. The quantitative estimate of drug-likeness (QED) is 0.702. The van der Waals surface area contributed by atoms with Gasteiger partial charge in [-0.1, -0.05) is 38.1 Å². The lowest BCUT2D eigenvalue weighted by molar-refractivity contribution is -0.132. The highest BCUT2D eigenvalue weighted by Crippen LogP contribution is 2.33. The van der Waals surface area contributed by atoms with E-state index in [2.05, 4.69) is 19.2 Å². The number of nitrogens with zero attached hydrogens (tertiary/aromatic N) is 1. The third-order valence-corrected chi connectivity index (χ3v) is 7.84. The molecule has 1 N–H and O–H groups in total. The smallest absolute Gasteiger partial charge is 0.243 e. The molecule has 1 saturated heterocycles. The highest BCUT2D eigenvalue weighted by atomic mass is 32.2. The van der Waals surface area contributed by atoms with Crippen LogP contribution >= 0.6 is 0 Å². The van der Waals surface area contributed by atoms with E-state index in [1.807, 2.05) is 43.3 Å². The van der Waals surface area contributed by atoms with E-state index in [1.54, 1.807) is 19.2 Å². The Bertz CT molecular complexity index is 1020. The van der Waals surface area contributed by atoms with Gasteiger partial charge in [0.25, 0.3) is 0 Å². The molecule has 0 aromatic heterocycles. The van der Waals surface area contributed by atoms with Crippen molar-refractivity contribution in [3.8, 4) is 5.75 Å². The van der Waals surface area contributed by atoms with E-state index >= 15 is 0 Å². The lowest BCUT2D eigenvalue weighted by Crippen LogP contribution is -2.51. The van der Waals surface area contributed by atoms with Gasteiger partial charge in [-0.25, -0.2) is 8.42 Å². The molecule has 1 unspecified atom stereocenters. The summed E-state index contributed by atoms with van der Waals surface area (Å²) in [5.41, 5.74) is 1.25. The molecule has 2 aromatic carbocycles. The highest BCUT2D eigenvalue weighted by molar-refractivity contribution is 7.89. The molecule has 0 bridgehead atoms. The van der Waals surface area contributed by atoms with Crippen LogP contribution < -0.4 is 10.1 Å². The molecular formula is C24H32N2O4S. The third-order valence-electron chi connectivity index (χ3n) is 5.98. The molecule has 6 nitrogen and oxygen atoms in total. The van der Waals surface area contributed by atoms with Crippen LogP contribution in [-0.4, -0.2) is 38.8 Å². The minimum absolute atomic E-state index is 0.134. The Morgan fingerprint density at radius 1 is 1.19 bits per heavy atom. The number of methoxy groups -OCH3 is 1. The minimum Gasteiger partial charge on any atom is -0.497 e. The lowest BCUT2D eigenvalue weighted by atomic mass is 9.82. The number of benzene rings is 2. The summed E-state index contributed by atoms with van der Waals surface area (Å²) in [4.78, 5) is 13.3. The Kier molecular flexibility index (Phi) is 7.06. The Labute approximate surface area is 185 Å². The number of rotatable bonds is 7. The maximum atomic E-state index is 13.2. The van der Waals surface area contributed by atoms with Gasteiger partial charge < -0.3 is 10.1 Å². The summed E-state index contributed by atoms with van der Waals surface area (Å²) < 4.78 is 33.1. The van der Waals surface area contributed by atoms with E-state index in [1.165, 1.54) is 4.31 Å². The normalized spacial score (nSPS) is 19.9. The van der Waals surface area contributed by atoms with Gasteiger partial charge >= 0.3 is 0 Å². The first kappa shape index (κ1) is 23.3. The Hall–Kier alpha value is -2.38. The maximum Gasteiger partial charge on any atom is 0.243 e. The molecule has 7 heteroatoms. The fourth-order valence-corrected chi connectivity index (χ4v) is 5.54. The fourth-order valence-electron chi connectivity index (χ4n) is 3.94. The molecule has 1 aliphatic heterocycles. The van der Waals surface area contributed by atoms with Crippen molar-refractivity contribution in [1.82, 2.24) is 9.62 Å². The molecule has 1 heterocycles. The van der Waals surface area contributed by atoms with Crippen molar-refractivity contribution in [2.24, 2.45) is 5.41 Å². The van der Waals surface area contributed by atoms with Gasteiger partial charge in [-0.3, -0.25) is 4.79 Å². The van der Waals surface area contributed by atoms with E-state index in [-0.39, 0.29) is 17.3 Å². The van der Waals surface area contributed by atoms with Crippen LogP contribution in [0.15, 0.2) is 53.4 Å². The number of amides is 1. The summed E-state index contributed by atoms with van der Waals surface area (Å²) in [6, 6.07) is 14.6. The van der Waals surface area contributed by atoms with Crippen LogP contribution in [0.2, 0.25) is 0 Å². The van der Waals surface area contributed by atoms with Crippen LogP contribution in [0.5, 0.6) is 5.75 Å². The van der Waals surface area contributed by atoms with Gasteiger partial charge in [0, 0.05) is 19.6 Å². The monoisotopic (exact) mass is 444 g/mol. The average Bonchev–Trinajstić information content (AvgIpc) is 2.77. The van der Waals surface area contributed by atoms with E-state index in [0.717, 1.165) is 16.9 Å². The second-order valence-electron chi connectivity index (χ2n) is 8.76. The second kappa shape index (κ2) is 9.40. The average molecular weight is 445 g/mol. The SMILES string of the molecule is COc1cccc(CNC(=O)C2(C)CCCN(S(=O)(=O)c3ccc(C(C)C)cc3)C2)c1. The van der Waals surface area contributed by atoms with Crippen LogP contribution in [0, 0.1) is 5.41 Å². The lowest BCUT2D eigenvalue weighted by Gasteiger charge is -2.38. The van der Waals surface area contributed by atoms with E-state index < -0.39 is 15.4 Å². The summed E-state index contributed by atoms with van der Waals surface area (Å²) in [7, 11) is -2.05. The predicted octanol–water partition coefficient (Wildman–Crippen LogP) is 3.93. The molecule has 31 heavy (non-hydrogen) atoms. The first-order valence-corrected chi connectivity index (χ1v) is 12.1. The molecule has 0 spiro atoms. The van der Waals surface area contributed by atoms with Crippen LogP contribution in [-0.2, 0) is 21.4 Å². The summed E-state index contributed by atoms with van der Waals surface area (Å²) in [6.45, 7) is 6.96. The second-order valence-corrected chi connectivity index (χ2v) is 10.7. The van der Waals surface area contributed by atoms with Crippen molar-refractivity contribution in [1.29, 1.82) is 0 Å². The zero-order valence-electron chi connectivity index (χ0n) is 18.7. The number of nitrogens with one attached hydrogen (secondary N) is 1. The molecular weight excluding hydrogens is 412 g/mol. The van der Waals surface area contributed by atoms with Gasteiger partial charge in [-0.2, -0.15) is 4.31 Å². The summed E-state index contributed by atoms with van der Waals surface area (Å²) >= 11 is 0. The number of carbonyl (C=O) groups is 1. The molecule has 1 amide bonds. The first-order valence-electron chi connectivity index (χ1n) is 10.7. The number of carbonyl (C=O) groups excluding carboxylic acids is 1. The van der Waals surface area contributed by atoms with E-state index in [9.17, 15) is 13.2 Å². The van der Waals surface area contributed by atoms with Crippen LogP contribution in [0.1, 0.15) is 50.7 Å². The summed E-state index contributed by atoms with van der Waals surface area (Å²) in [5.74, 6) is 0.935. The molecule has 0 aliphatic carbocycles. The highest BCUT2D eigenvalue weighted by Gasteiger charge is 2.41. The predicted molar refractivity (Wildman–Crippen MR) is 121 cm³/mol. The zero-order valence-corrected chi connectivity index (χ0v) is 19.5. The molecule has 1 atom stereocenters. The molecule has 0 radical (unpaired) electrons. The third kappa shape index (κ3) is 5.28. The Balaban J connectivity index is 1.70. The number of piperidine rings is 1. The van der Waals surface area contributed by atoms with Crippen LogP contribution in [0.4, 0.5) is 0 Å². The molecule has 1 aliphatic rings. The molecule has 0 saturated carbocycles. The molecule has 168 valence electrons. The van der Waals surface area contributed by atoms with Gasteiger partial charge in [0.2, 0.25) is 15.9 Å². The van der Waals surface area contributed by atoms with E-state index in [0.29, 0.717) is 31.8 Å². The van der Waals surface area contributed by atoms with Crippen molar-refractivity contribution < 1.29 is 17.9 Å². The van der Waals surface area contributed by atoms with Crippen LogP contribution in [0.3, 0.4) is 0 Å². The summed E-state index contributed by atoms with van der Waals surface area (Å²) in [5, 5.41) is 2.98. The van der Waals surface area contributed by atoms with Crippen molar-refractivity contribution in [2.75, 3.05) is 20.2 Å². The van der Waals surface area contributed by atoms with Gasteiger partial charge in [0.05, 0.1) is 17.4 Å². The van der Waals surface area contributed by atoms with Gasteiger partial charge in [-0.15, -0.1) is 0 Å². The van der Waals surface area contributed by atoms with Crippen molar-refractivity contribution in [3.63, 3.8) is 0 Å². The standard InChI is InChI=1S/C24H32N2O4S/c1-18(2)20-9-11-22(12-10-20)31(28,29)26-14-6-13-24(3,17-26)23(27)25-16-19-7-5-8-21(15-19)30-4/h5,7-12,15,18H,6,13-14,16-17H2,1-4H3,(H,25,27). The number of hydrogen-bond acceptors (Lipinski definition) is 4. The first-order chi connectivity index (χ1) is 14.7. The molecule has 2 aromatic rings. The van der Waals surface area contributed by atoms with Crippen molar-refractivity contribution >= 4 is 15.9 Å². The van der Waals surface area contributed by atoms with Gasteiger partial charge in [0.15, 0.2) is 0 Å². The van der Waals surface area contributed by atoms with Crippen LogP contribution in [0.25, 0.3) is 0 Å². The van der Waals surface area contributed by atoms with Crippen molar-refractivity contribution in [3.05, 3.63) is 59.7 Å². The topological polar surface area (TPSA) is 75.7 Å². The zero-order chi connectivity index (χ0) is 22.6. The molecule has 1 fully saturated rings. The van der Waals surface area contributed by atoms with Gasteiger partial charge in [0.1, 0.15) is 5.75 Å². The van der Waals surface area contributed by atoms with Gasteiger partial charge in [-0.05, 0) is 61.1 Å². The van der Waals surface area contributed by atoms with E-state index in [4.69, 9.17) is 4.74 Å². The number of sulfonamides is 1. The molecule has 3 rings (SSSR count). The largest absolute Gasteiger partial charge is 0.497 e.